The first-order chi connectivity index (χ1) is 8.17. The molecule has 1 aliphatic rings. The molecule has 0 radical (unpaired) electrons. The highest BCUT2D eigenvalue weighted by atomic mass is 28.3. The fraction of sp³-hybridized carbons (Fsp3) is 0.571. The Morgan fingerprint density at radius 1 is 1.06 bits per heavy atom. The molecule has 4 heteroatoms. The highest BCUT2D eigenvalue weighted by molar-refractivity contribution is 7.33. The fourth-order valence-corrected chi connectivity index (χ4v) is 4.79. The van der Waals surface area contributed by atoms with Crippen LogP contribution in [0.1, 0.15) is 27.7 Å². The lowest BCUT2D eigenvalue weighted by Gasteiger charge is -2.28. The predicted molar refractivity (Wildman–Crippen MR) is 80.8 cm³/mol. The van der Waals surface area contributed by atoms with E-state index in [-0.39, 0.29) is 17.9 Å². The van der Waals surface area contributed by atoms with Crippen LogP contribution in [0.3, 0.4) is 0 Å². The van der Waals surface area contributed by atoms with E-state index in [1.54, 1.807) is 0 Å². The van der Waals surface area contributed by atoms with E-state index < -0.39 is 7.94 Å². The first-order valence-electron chi connectivity index (χ1n) is 6.62. The average molecular weight is 263 g/mol. The van der Waals surface area contributed by atoms with Crippen molar-refractivity contribution in [2.24, 2.45) is 0 Å². The van der Waals surface area contributed by atoms with Crippen molar-refractivity contribution in [3.63, 3.8) is 0 Å². The summed E-state index contributed by atoms with van der Waals surface area (Å²) in [6, 6.07) is 10.7. The largest absolute Gasteiger partial charge is 0.656 e. The molecule has 2 nitrogen and oxygen atoms in total. The number of rotatable bonds is 2. The molecule has 0 amide bonds. The van der Waals surface area contributed by atoms with Gasteiger partial charge in [0.05, 0.1) is 0 Å². The Labute approximate surface area is 112 Å². The van der Waals surface area contributed by atoms with Crippen LogP contribution >= 0.6 is 0 Å². The summed E-state index contributed by atoms with van der Waals surface area (Å²) in [6.45, 7) is 13.4. The summed E-state index contributed by atoms with van der Waals surface area (Å²) in [4.78, 5) is 0. The van der Waals surface area contributed by atoms with Crippen molar-refractivity contribution >= 4 is 19.8 Å². The molecule has 1 aromatic carbocycles. The van der Waals surface area contributed by atoms with E-state index in [0.29, 0.717) is 0 Å². The minimum atomic E-state index is -1.71. The van der Waals surface area contributed by atoms with Gasteiger partial charge in [0.2, 0.25) is 7.94 Å². The summed E-state index contributed by atoms with van der Waals surface area (Å²) >= 11 is 0. The Balaban J connectivity index is 2.29. The second kappa shape index (κ2) is 4.22. The average Bonchev–Trinajstić information content (AvgIpc) is 2.50. The number of aliphatic hydroxyl groups is 1. The minimum Gasteiger partial charge on any atom is -0.513 e. The van der Waals surface area contributed by atoms with Crippen molar-refractivity contribution in [3.8, 4) is 0 Å². The molecular formula is C14H24BO2Si+. The highest BCUT2D eigenvalue weighted by Gasteiger charge is 2.65. The van der Waals surface area contributed by atoms with Crippen LogP contribution in [-0.4, -0.2) is 30.5 Å². The maximum Gasteiger partial charge on any atom is 0.656 e. The quantitative estimate of drug-likeness (QED) is 0.592. The van der Waals surface area contributed by atoms with Crippen LogP contribution in [-0.2, 0) is 4.65 Å². The molecule has 0 aromatic heterocycles. The normalized spacial score (nSPS) is 22.2. The van der Waals surface area contributed by atoms with Gasteiger partial charge in [-0.3, -0.25) is 0 Å². The SMILES string of the molecule is CC1(C)OB([Si](C)(C)c2ccccc2)[OH+]C1(C)C. The van der Waals surface area contributed by atoms with Crippen LogP contribution in [0.2, 0.25) is 13.1 Å². The van der Waals surface area contributed by atoms with Crippen LogP contribution in [0, 0.1) is 0 Å². The molecule has 0 bridgehead atoms. The maximum atomic E-state index is 6.28. The van der Waals surface area contributed by atoms with Crippen molar-refractivity contribution in [1.29, 1.82) is 0 Å². The Kier molecular flexibility index (Phi) is 3.25. The molecule has 18 heavy (non-hydrogen) atoms. The van der Waals surface area contributed by atoms with Gasteiger partial charge in [-0.2, -0.15) is 0 Å². The van der Waals surface area contributed by atoms with Crippen LogP contribution in [0.15, 0.2) is 30.3 Å². The molecule has 0 saturated carbocycles. The van der Waals surface area contributed by atoms with E-state index in [1.807, 2.05) is 0 Å². The van der Waals surface area contributed by atoms with Crippen molar-refractivity contribution < 1.29 is 9.31 Å². The summed E-state index contributed by atoms with van der Waals surface area (Å²) in [5, 5.41) is 1.41. The van der Waals surface area contributed by atoms with Gasteiger partial charge in [-0.15, -0.1) is 0 Å². The van der Waals surface area contributed by atoms with Crippen molar-refractivity contribution in [2.45, 2.75) is 52.0 Å². The fourth-order valence-electron chi connectivity index (χ4n) is 2.22. The molecule has 1 saturated heterocycles. The van der Waals surface area contributed by atoms with Gasteiger partial charge in [-0.05, 0) is 13.8 Å². The third-order valence-corrected chi connectivity index (χ3v) is 7.76. The van der Waals surface area contributed by atoms with Gasteiger partial charge in [-0.1, -0.05) is 48.6 Å². The molecular weight excluding hydrogens is 239 g/mol. The minimum absolute atomic E-state index is 0.0462. The molecule has 1 N–H and O–H groups in total. The topological polar surface area (TPSA) is 22.0 Å². The van der Waals surface area contributed by atoms with Gasteiger partial charge < -0.3 is 9.31 Å². The van der Waals surface area contributed by atoms with Crippen LogP contribution in [0.4, 0.5) is 0 Å². The second-order valence-electron chi connectivity index (χ2n) is 6.76. The standard InChI is InChI=1S/C14H23BO2Si/c1-13(2)14(3,4)17-15(16-13)18(5,6)12-10-8-7-9-11-12/h7-11H,1-6H3/p+1. The molecule has 1 aromatic rings. The molecule has 2 rings (SSSR count). The lowest BCUT2D eigenvalue weighted by Crippen LogP contribution is -2.59. The zero-order valence-electron chi connectivity index (χ0n) is 12.3. The van der Waals surface area contributed by atoms with Crippen LogP contribution in [0.25, 0.3) is 0 Å². The van der Waals surface area contributed by atoms with E-state index in [2.05, 4.69) is 71.1 Å². The van der Waals surface area contributed by atoms with E-state index in [4.69, 9.17) is 9.31 Å². The molecule has 0 unspecified atom stereocenters. The Hall–Kier alpha value is -0.578. The predicted octanol–water partition coefficient (Wildman–Crippen LogP) is 2.28. The molecule has 98 valence electrons. The molecule has 1 heterocycles. The number of benzene rings is 1. The first-order valence-corrected chi connectivity index (χ1v) is 9.70. The van der Waals surface area contributed by atoms with Crippen molar-refractivity contribution in [3.05, 3.63) is 30.3 Å². The van der Waals surface area contributed by atoms with E-state index in [0.717, 1.165) is 0 Å². The molecule has 1 aliphatic heterocycles. The third kappa shape index (κ3) is 2.17. The first kappa shape index (κ1) is 13.8. The summed E-state index contributed by atoms with van der Waals surface area (Å²) in [6.07, 6.45) is 0. The Morgan fingerprint density at radius 2 is 1.61 bits per heavy atom. The van der Waals surface area contributed by atoms with Gasteiger partial charge in [0.25, 0.3) is 0 Å². The number of hydrogen-bond donors (Lipinski definition) is 0. The highest BCUT2D eigenvalue weighted by Crippen LogP contribution is 2.36. The maximum absolute atomic E-state index is 6.28. The molecule has 0 atom stereocenters. The summed E-state index contributed by atoms with van der Waals surface area (Å²) < 4.78 is 11.2. The lowest BCUT2D eigenvalue weighted by molar-refractivity contribution is -0.0703. The van der Waals surface area contributed by atoms with Gasteiger partial charge in [0.15, 0.2) is 5.60 Å². The van der Waals surface area contributed by atoms with Crippen molar-refractivity contribution in [1.82, 2.24) is 0 Å². The summed E-state index contributed by atoms with van der Waals surface area (Å²) in [5.74, 6) is 0. The molecule has 0 aliphatic carbocycles. The van der Waals surface area contributed by atoms with Gasteiger partial charge in [0, 0.05) is 13.8 Å². The molecule has 1 fully saturated rings. The zero-order valence-corrected chi connectivity index (χ0v) is 13.3. The zero-order chi connectivity index (χ0) is 13.6. The van der Waals surface area contributed by atoms with E-state index in [1.165, 1.54) is 5.19 Å². The lowest BCUT2D eigenvalue weighted by atomic mass is 9.90. The van der Waals surface area contributed by atoms with Crippen LogP contribution < -0.4 is 5.19 Å². The van der Waals surface area contributed by atoms with Gasteiger partial charge in [0.1, 0.15) is 5.60 Å². The van der Waals surface area contributed by atoms with Gasteiger partial charge >= 0.3 is 6.71 Å². The Morgan fingerprint density at radius 3 is 2.06 bits per heavy atom. The number of hydrogen-bond acceptors (Lipinski definition) is 1. The van der Waals surface area contributed by atoms with Crippen LogP contribution in [0.5, 0.6) is 0 Å². The van der Waals surface area contributed by atoms with Crippen molar-refractivity contribution in [2.75, 3.05) is 0 Å². The Bertz CT molecular complexity index is 413. The van der Waals surface area contributed by atoms with Gasteiger partial charge in [-0.25, -0.2) is 0 Å². The summed E-state index contributed by atoms with van der Waals surface area (Å²) in [7, 11) is -1.71. The monoisotopic (exact) mass is 263 g/mol. The summed E-state index contributed by atoms with van der Waals surface area (Å²) in [5.41, 5.74) is -0.298. The third-order valence-electron chi connectivity index (χ3n) is 4.45. The molecule has 0 spiro atoms. The smallest absolute Gasteiger partial charge is 0.513 e. The van der Waals surface area contributed by atoms with E-state index >= 15 is 0 Å². The second-order valence-corrected chi connectivity index (χ2v) is 11.3. The van der Waals surface area contributed by atoms with E-state index in [9.17, 15) is 0 Å².